The van der Waals surface area contributed by atoms with Crippen LogP contribution in [0.3, 0.4) is 0 Å². The fourth-order valence-corrected chi connectivity index (χ4v) is 3.59. The Bertz CT molecular complexity index is 651. The van der Waals surface area contributed by atoms with Crippen molar-refractivity contribution in [2.45, 2.75) is 58.4 Å². The van der Waals surface area contributed by atoms with Gasteiger partial charge >= 0.3 is 5.97 Å². The average molecular weight is 374 g/mol. The summed E-state index contributed by atoms with van der Waals surface area (Å²) in [5.74, 6) is -1.24. The second kappa shape index (κ2) is 9.53. The van der Waals surface area contributed by atoms with E-state index in [2.05, 4.69) is 10.6 Å². The van der Waals surface area contributed by atoms with E-state index in [-0.39, 0.29) is 24.3 Å². The molecule has 0 bridgehead atoms. The molecule has 0 heterocycles. The number of hydrogen-bond acceptors (Lipinski definition) is 3. The van der Waals surface area contributed by atoms with E-state index in [0.29, 0.717) is 24.8 Å². The number of amides is 2. The minimum absolute atomic E-state index is 0.0878. The highest BCUT2D eigenvalue weighted by Gasteiger charge is 2.40. The van der Waals surface area contributed by atoms with Crippen LogP contribution in [-0.2, 0) is 14.4 Å². The molecule has 6 nitrogen and oxygen atoms in total. The van der Waals surface area contributed by atoms with Crippen molar-refractivity contribution in [3.8, 4) is 0 Å². The number of rotatable bonds is 8. The fraction of sp³-hybridized carbons (Fsp3) is 0.571. The van der Waals surface area contributed by atoms with Crippen LogP contribution >= 0.6 is 0 Å². The van der Waals surface area contributed by atoms with Gasteiger partial charge in [0.15, 0.2) is 0 Å². The molecule has 1 atom stereocenters. The van der Waals surface area contributed by atoms with E-state index in [1.54, 1.807) is 12.1 Å². The number of carboxylic acids is 1. The number of aliphatic carboxylic acids is 1. The SMILES string of the molecule is CC(C)CC(=O)NC(C(=O)NCC1(C(=O)O)CCCCC1)c1ccccc1. The minimum Gasteiger partial charge on any atom is -0.481 e. The van der Waals surface area contributed by atoms with Crippen LogP contribution < -0.4 is 10.6 Å². The average Bonchev–Trinajstić information content (AvgIpc) is 2.65. The smallest absolute Gasteiger partial charge is 0.311 e. The first-order valence-corrected chi connectivity index (χ1v) is 9.69. The Morgan fingerprint density at radius 2 is 1.70 bits per heavy atom. The third kappa shape index (κ3) is 5.81. The van der Waals surface area contributed by atoms with Gasteiger partial charge in [-0.25, -0.2) is 0 Å². The van der Waals surface area contributed by atoms with Crippen molar-refractivity contribution in [1.82, 2.24) is 10.6 Å². The molecular formula is C21H30N2O4. The first-order chi connectivity index (χ1) is 12.8. The largest absolute Gasteiger partial charge is 0.481 e. The monoisotopic (exact) mass is 374 g/mol. The number of carboxylic acid groups (broad SMARTS) is 1. The summed E-state index contributed by atoms with van der Waals surface area (Å²) in [6.45, 7) is 3.97. The number of benzene rings is 1. The normalized spacial score (nSPS) is 17.1. The van der Waals surface area contributed by atoms with Gasteiger partial charge in [0.25, 0.3) is 0 Å². The van der Waals surface area contributed by atoms with Gasteiger partial charge in [-0.15, -0.1) is 0 Å². The summed E-state index contributed by atoms with van der Waals surface area (Å²) in [6.07, 6.45) is 4.21. The Hall–Kier alpha value is -2.37. The minimum atomic E-state index is -0.906. The lowest BCUT2D eigenvalue weighted by Crippen LogP contribution is -2.48. The molecule has 2 amide bonds. The molecule has 1 fully saturated rings. The molecule has 148 valence electrons. The molecule has 0 radical (unpaired) electrons. The molecule has 1 aliphatic rings. The van der Waals surface area contributed by atoms with Gasteiger partial charge in [0, 0.05) is 13.0 Å². The van der Waals surface area contributed by atoms with Crippen LogP contribution in [0.4, 0.5) is 0 Å². The van der Waals surface area contributed by atoms with E-state index in [1.165, 1.54) is 0 Å². The maximum atomic E-state index is 12.9. The van der Waals surface area contributed by atoms with Crippen molar-refractivity contribution in [2.75, 3.05) is 6.54 Å². The summed E-state index contributed by atoms with van der Waals surface area (Å²) in [6, 6.07) is 8.21. The Labute approximate surface area is 160 Å². The molecule has 2 rings (SSSR count). The predicted octanol–water partition coefficient (Wildman–Crippen LogP) is 3.04. The standard InChI is InChI=1S/C21H30N2O4/c1-15(2)13-17(24)23-18(16-9-5-3-6-10-16)19(25)22-14-21(20(26)27)11-7-4-8-12-21/h3,5-6,9-10,15,18H,4,7-8,11-14H2,1-2H3,(H,22,25)(H,23,24)(H,26,27). The van der Waals surface area contributed by atoms with Crippen molar-refractivity contribution in [1.29, 1.82) is 0 Å². The molecule has 1 aromatic carbocycles. The first-order valence-electron chi connectivity index (χ1n) is 9.69. The Balaban J connectivity index is 2.11. The summed E-state index contributed by atoms with van der Waals surface area (Å²) < 4.78 is 0. The Morgan fingerprint density at radius 1 is 1.07 bits per heavy atom. The molecule has 0 aromatic heterocycles. The summed E-state index contributed by atoms with van der Waals surface area (Å²) in [4.78, 5) is 36.9. The van der Waals surface area contributed by atoms with Gasteiger partial charge in [-0.05, 0) is 24.3 Å². The highest BCUT2D eigenvalue weighted by atomic mass is 16.4. The molecule has 1 aliphatic carbocycles. The number of hydrogen-bond donors (Lipinski definition) is 3. The van der Waals surface area contributed by atoms with Gasteiger partial charge in [-0.3, -0.25) is 14.4 Å². The second-order valence-corrected chi connectivity index (χ2v) is 7.87. The first kappa shape index (κ1) is 20.9. The fourth-order valence-electron chi connectivity index (χ4n) is 3.59. The van der Waals surface area contributed by atoms with Crippen molar-refractivity contribution >= 4 is 17.8 Å². The topological polar surface area (TPSA) is 95.5 Å². The third-order valence-corrected chi connectivity index (χ3v) is 5.16. The summed E-state index contributed by atoms with van der Waals surface area (Å²) in [7, 11) is 0. The lowest BCUT2D eigenvalue weighted by atomic mass is 9.74. The van der Waals surface area contributed by atoms with Gasteiger partial charge in [0.1, 0.15) is 6.04 Å². The summed E-state index contributed by atoms with van der Waals surface area (Å²) in [5, 5.41) is 15.3. The molecular weight excluding hydrogens is 344 g/mol. The van der Waals surface area contributed by atoms with E-state index in [1.807, 2.05) is 32.0 Å². The summed E-state index contributed by atoms with van der Waals surface area (Å²) >= 11 is 0. The van der Waals surface area contributed by atoms with Crippen molar-refractivity contribution < 1.29 is 19.5 Å². The zero-order valence-electron chi connectivity index (χ0n) is 16.2. The van der Waals surface area contributed by atoms with Crippen LogP contribution in [0, 0.1) is 11.3 Å². The van der Waals surface area contributed by atoms with E-state index < -0.39 is 17.4 Å². The van der Waals surface area contributed by atoms with Gasteiger partial charge < -0.3 is 15.7 Å². The molecule has 1 saturated carbocycles. The van der Waals surface area contributed by atoms with Crippen molar-refractivity contribution in [2.24, 2.45) is 11.3 Å². The number of nitrogens with one attached hydrogen (secondary N) is 2. The third-order valence-electron chi connectivity index (χ3n) is 5.16. The van der Waals surface area contributed by atoms with Crippen LogP contribution in [-0.4, -0.2) is 29.4 Å². The predicted molar refractivity (Wildman–Crippen MR) is 103 cm³/mol. The lowest BCUT2D eigenvalue weighted by Gasteiger charge is -2.33. The highest BCUT2D eigenvalue weighted by Crippen LogP contribution is 2.36. The zero-order chi connectivity index (χ0) is 19.9. The van der Waals surface area contributed by atoms with Crippen molar-refractivity contribution in [3.05, 3.63) is 35.9 Å². The molecule has 1 aromatic rings. The van der Waals surface area contributed by atoms with Gasteiger partial charge in [0.2, 0.25) is 11.8 Å². The number of carbonyl (C=O) groups excluding carboxylic acids is 2. The van der Waals surface area contributed by atoms with Crippen molar-refractivity contribution in [3.63, 3.8) is 0 Å². The molecule has 27 heavy (non-hydrogen) atoms. The van der Waals surface area contributed by atoms with Gasteiger partial charge in [0.05, 0.1) is 5.41 Å². The molecule has 3 N–H and O–H groups in total. The van der Waals surface area contributed by atoms with Gasteiger partial charge in [-0.2, -0.15) is 0 Å². The van der Waals surface area contributed by atoms with Crippen LogP contribution in [0.15, 0.2) is 30.3 Å². The number of carbonyl (C=O) groups is 3. The van der Waals surface area contributed by atoms with E-state index in [0.717, 1.165) is 19.3 Å². The van der Waals surface area contributed by atoms with E-state index in [4.69, 9.17) is 0 Å². The zero-order valence-corrected chi connectivity index (χ0v) is 16.2. The maximum absolute atomic E-state index is 12.9. The van der Waals surface area contributed by atoms with Crippen LogP contribution in [0.1, 0.15) is 64.0 Å². The highest BCUT2D eigenvalue weighted by molar-refractivity contribution is 5.89. The molecule has 0 spiro atoms. The molecule has 0 aliphatic heterocycles. The van der Waals surface area contributed by atoms with Gasteiger partial charge in [-0.1, -0.05) is 63.4 Å². The Kier molecular flexibility index (Phi) is 7.39. The molecule has 1 unspecified atom stereocenters. The second-order valence-electron chi connectivity index (χ2n) is 7.87. The van der Waals surface area contributed by atoms with E-state index >= 15 is 0 Å². The molecule has 6 heteroatoms. The van der Waals surface area contributed by atoms with E-state index in [9.17, 15) is 19.5 Å². The van der Waals surface area contributed by atoms with Crippen LogP contribution in [0.2, 0.25) is 0 Å². The maximum Gasteiger partial charge on any atom is 0.311 e. The summed E-state index contributed by atoms with van der Waals surface area (Å²) in [5.41, 5.74) is -0.225. The van der Waals surface area contributed by atoms with Crippen LogP contribution in [0.5, 0.6) is 0 Å². The lowest BCUT2D eigenvalue weighted by molar-refractivity contribution is -0.151. The van der Waals surface area contributed by atoms with Crippen LogP contribution in [0.25, 0.3) is 0 Å². The Morgan fingerprint density at radius 3 is 2.26 bits per heavy atom. The quantitative estimate of drug-likeness (QED) is 0.652. The molecule has 0 saturated heterocycles.